The molecule has 0 radical (unpaired) electrons. The molecule has 0 bridgehead atoms. The molecule has 1 aromatic heterocycles. The Bertz CT molecular complexity index is 829. The standard InChI is InChI=1S/C18H15ClFN3O/c19-15-7-3-8-16(20)17(15)18(24)21-11-13-5-1-2-6-14(13)12-23-10-4-9-22-23/h1-10H,11-12H2,(H,21,24). The summed E-state index contributed by atoms with van der Waals surface area (Å²) in [5.41, 5.74) is 1.83. The molecule has 3 rings (SSSR count). The average molecular weight is 344 g/mol. The second-order valence-electron chi connectivity index (χ2n) is 5.25. The Morgan fingerprint density at radius 1 is 1.12 bits per heavy atom. The predicted octanol–water partition coefficient (Wildman–Crippen LogP) is 3.65. The molecule has 1 N–H and O–H groups in total. The van der Waals surface area contributed by atoms with Gasteiger partial charge in [0.2, 0.25) is 0 Å². The van der Waals surface area contributed by atoms with Gasteiger partial charge in [0.1, 0.15) is 5.82 Å². The first-order valence-corrected chi connectivity index (χ1v) is 7.79. The molecule has 122 valence electrons. The number of nitrogens with one attached hydrogen (secondary N) is 1. The monoisotopic (exact) mass is 343 g/mol. The summed E-state index contributed by atoms with van der Waals surface area (Å²) in [6.07, 6.45) is 3.58. The lowest BCUT2D eigenvalue weighted by Crippen LogP contribution is -2.25. The summed E-state index contributed by atoms with van der Waals surface area (Å²) in [5.74, 6) is -1.17. The van der Waals surface area contributed by atoms with Crippen molar-refractivity contribution in [1.29, 1.82) is 0 Å². The van der Waals surface area contributed by atoms with Crippen molar-refractivity contribution in [3.8, 4) is 0 Å². The van der Waals surface area contributed by atoms with Crippen molar-refractivity contribution in [2.24, 2.45) is 0 Å². The number of benzene rings is 2. The minimum absolute atomic E-state index is 0.0947. The van der Waals surface area contributed by atoms with Gasteiger partial charge in [-0.2, -0.15) is 5.10 Å². The normalized spacial score (nSPS) is 10.6. The van der Waals surface area contributed by atoms with E-state index in [9.17, 15) is 9.18 Å². The average Bonchev–Trinajstić information content (AvgIpc) is 3.07. The third kappa shape index (κ3) is 3.63. The van der Waals surface area contributed by atoms with Crippen LogP contribution in [0.5, 0.6) is 0 Å². The van der Waals surface area contributed by atoms with E-state index >= 15 is 0 Å². The molecule has 0 unspecified atom stereocenters. The number of hydrogen-bond donors (Lipinski definition) is 1. The maximum atomic E-state index is 13.8. The molecular formula is C18H15ClFN3O. The van der Waals surface area contributed by atoms with Gasteiger partial charge in [-0.05, 0) is 29.3 Å². The molecule has 0 aliphatic rings. The van der Waals surface area contributed by atoms with Crippen molar-refractivity contribution < 1.29 is 9.18 Å². The van der Waals surface area contributed by atoms with Crippen molar-refractivity contribution in [3.63, 3.8) is 0 Å². The molecule has 0 saturated carbocycles. The summed E-state index contributed by atoms with van der Waals surface area (Å²) in [6, 6.07) is 13.7. The first-order valence-electron chi connectivity index (χ1n) is 7.41. The Labute approximate surface area is 143 Å². The van der Waals surface area contributed by atoms with Crippen molar-refractivity contribution >= 4 is 17.5 Å². The van der Waals surface area contributed by atoms with Gasteiger partial charge >= 0.3 is 0 Å². The molecule has 0 saturated heterocycles. The van der Waals surface area contributed by atoms with E-state index < -0.39 is 11.7 Å². The highest BCUT2D eigenvalue weighted by Crippen LogP contribution is 2.19. The van der Waals surface area contributed by atoms with Crippen LogP contribution in [0.15, 0.2) is 60.9 Å². The van der Waals surface area contributed by atoms with Gasteiger partial charge in [-0.1, -0.05) is 41.9 Å². The first kappa shape index (κ1) is 16.2. The third-order valence-electron chi connectivity index (χ3n) is 3.64. The Morgan fingerprint density at radius 3 is 2.62 bits per heavy atom. The van der Waals surface area contributed by atoms with Crippen LogP contribution in [-0.2, 0) is 13.1 Å². The molecule has 3 aromatic rings. The molecule has 0 spiro atoms. The smallest absolute Gasteiger partial charge is 0.256 e. The van der Waals surface area contributed by atoms with E-state index in [0.29, 0.717) is 6.54 Å². The van der Waals surface area contributed by atoms with Gasteiger partial charge in [0.25, 0.3) is 5.91 Å². The zero-order chi connectivity index (χ0) is 16.9. The minimum Gasteiger partial charge on any atom is -0.348 e. The van der Waals surface area contributed by atoms with E-state index in [-0.39, 0.29) is 17.1 Å². The minimum atomic E-state index is -0.634. The van der Waals surface area contributed by atoms with E-state index in [4.69, 9.17) is 11.6 Å². The molecule has 4 nitrogen and oxygen atoms in total. The molecule has 6 heteroatoms. The molecule has 24 heavy (non-hydrogen) atoms. The fourth-order valence-electron chi connectivity index (χ4n) is 2.43. The van der Waals surface area contributed by atoms with Crippen LogP contribution in [0, 0.1) is 5.82 Å². The van der Waals surface area contributed by atoms with Crippen LogP contribution >= 0.6 is 11.6 Å². The van der Waals surface area contributed by atoms with E-state index in [1.165, 1.54) is 18.2 Å². The van der Waals surface area contributed by atoms with Crippen molar-refractivity contribution in [3.05, 3.63) is 88.5 Å². The third-order valence-corrected chi connectivity index (χ3v) is 3.95. The van der Waals surface area contributed by atoms with Gasteiger partial charge in [-0.15, -0.1) is 0 Å². The second kappa shape index (κ2) is 7.27. The Balaban J connectivity index is 1.74. The maximum absolute atomic E-state index is 13.8. The summed E-state index contributed by atoms with van der Waals surface area (Å²) in [4.78, 5) is 12.2. The number of amides is 1. The lowest BCUT2D eigenvalue weighted by molar-refractivity contribution is 0.0947. The highest BCUT2D eigenvalue weighted by atomic mass is 35.5. The Kier molecular flexibility index (Phi) is 4.91. The van der Waals surface area contributed by atoms with Crippen molar-refractivity contribution in [1.82, 2.24) is 15.1 Å². The summed E-state index contributed by atoms with van der Waals surface area (Å²) in [6.45, 7) is 0.875. The van der Waals surface area contributed by atoms with Crippen molar-refractivity contribution in [2.45, 2.75) is 13.1 Å². The van der Waals surface area contributed by atoms with Gasteiger partial charge in [0.05, 0.1) is 17.1 Å². The number of nitrogens with zero attached hydrogens (tertiary/aromatic N) is 2. The molecule has 1 heterocycles. The van der Waals surface area contributed by atoms with Crippen LogP contribution in [0.4, 0.5) is 4.39 Å². The SMILES string of the molecule is O=C(NCc1ccccc1Cn1cccn1)c1c(F)cccc1Cl. The summed E-state index contributed by atoms with van der Waals surface area (Å²) >= 11 is 5.92. The number of hydrogen-bond acceptors (Lipinski definition) is 2. The fraction of sp³-hybridized carbons (Fsp3) is 0.111. The lowest BCUT2D eigenvalue weighted by atomic mass is 10.1. The van der Waals surface area contributed by atoms with Crippen LogP contribution < -0.4 is 5.32 Å². The second-order valence-corrected chi connectivity index (χ2v) is 5.66. The van der Waals surface area contributed by atoms with Crippen LogP contribution in [0.3, 0.4) is 0 Å². The maximum Gasteiger partial charge on any atom is 0.256 e. The van der Waals surface area contributed by atoms with Crippen LogP contribution in [0.25, 0.3) is 0 Å². The lowest BCUT2D eigenvalue weighted by Gasteiger charge is -2.12. The molecule has 2 aromatic carbocycles. The van der Waals surface area contributed by atoms with E-state index in [0.717, 1.165) is 11.1 Å². The van der Waals surface area contributed by atoms with Gasteiger partial charge in [0, 0.05) is 18.9 Å². The number of rotatable bonds is 5. The van der Waals surface area contributed by atoms with Crippen molar-refractivity contribution in [2.75, 3.05) is 0 Å². The zero-order valence-corrected chi connectivity index (χ0v) is 13.5. The summed E-state index contributed by atoms with van der Waals surface area (Å²) in [7, 11) is 0. The molecular weight excluding hydrogens is 329 g/mol. The number of carbonyl (C=O) groups excluding carboxylic acids is 1. The van der Waals surface area contributed by atoms with Gasteiger partial charge in [0.15, 0.2) is 0 Å². The Hall–Kier alpha value is -2.66. The first-order chi connectivity index (χ1) is 11.6. The fourth-order valence-corrected chi connectivity index (χ4v) is 2.68. The van der Waals surface area contributed by atoms with Gasteiger partial charge < -0.3 is 5.32 Å². The highest BCUT2D eigenvalue weighted by molar-refractivity contribution is 6.33. The predicted molar refractivity (Wildman–Crippen MR) is 90.4 cm³/mol. The topological polar surface area (TPSA) is 46.9 Å². The van der Waals surface area contributed by atoms with Gasteiger partial charge in [-0.3, -0.25) is 9.48 Å². The zero-order valence-electron chi connectivity index (χ0n) is 12.7. The number of carbonyl (C=O) groups is 1. The Morgan fingerprint density at radius 2 is 1.92 bits per heavy atom. The highest BCUT2D eigenvalue weighted by Gasteiger charge is 2.15. The largest absolute Gasteiger partial charge is 0.348 e. The molecule has 0 fully saturated rings. The molecule has 0 aliphatic carbocycles. The quantitative estimate of drug-likeness (QED) is 0.768. The number of aromatic nitrogens is 2. The summed E-state index contributed by atoms with van der Waals surface area (Å²) in [5, 5.41) is 7.00. The van der Waals surface area contributed by atoms with Gasteiger partial charge in [-0.25, -0.2) is 4.39 Å². The molecule has 0 aliphatic heterocycles. The summed E-state index contributed by atoms with van der Waals surface area (Å²) < 4.78 is 15.6. The van der Waals surface area contributed by atoms with E-state index in [2.05, 4.69) is 10.4 Å². The number of halogens is 2. The molecule has 0 atom stereocenters. The van der Waals surface area contributed by atoms with Crippen LogP contribution in [-0.4, -0.2) is 15.7 Å². The van der Waals surface area contributed by atoms with E-state index in [1.54, 1.807) is 10.9 Å². The van der Waals surface area contributed by atoms with Crippen LogP contribution in [0.1, 0.15) is 21.5 Å². The molecule has 1 amide bonds. The van der Waals surface area contributed by atoms with Crippen LogP contribution in [0.2, 0.25) is 5.02 Å². The van der Waals surface area contributed by atoms with E-state index in [1.807, 2.05) is 36.5 Å².